The second-order valence-corrected chi connectivity index (χ2v) is 7.53. The van der Waals surface area contributed by atoms with E-state index in [9.17, 15) is 9.18 Å². The normalized spacial score (nSPS) is 18.9. The van der Waals surface area contributed by atoms with Gasteiger partial charge in [-0.15, -0.1) is 5.10 Å². The van der Waals surface area contributed by atoms with Crippen LogP contribution in [0.2, 0.25) is 0 Å². The number of nitrogens with zero attached hydrogens (tertiary/aromatic N) is 3. The Morgan fingerprint density at radius 2 is 1.89 bits per heavy atom. The number of benzene rings is 1. The molecule has 1 aromatic heterocycles. The Bertz CT molecular complexity index is 926. The quantitative estimate of drug-likeness (QED) is 0.789. The number of carboxylic acids is 1. The van der Waals surface area contributed by atoms with E-state index >= 15 is 4.39 Å². The van der Waals surface area contributed by atoms with Crippen LogP contribution in [0.3, 0.4) is 0 Å². The number of carbonyl (C=O) groups is 1. The van der Waals surface area contributed by atoms with Crippen LogP contribution in [-0.2, 0) is 15.9 Å². The lowest BCUT2D eigenvalue weighted by atomic mass is 9.82. The van der Waals surface area contributed by atoms with E-state index in [0.717, 1.165) is 4.68 Å². The van der Waals surface area contributed by atoms with Crippen LogP contribution in [0.5, 0.6) is 0 Å². The van der Waals surface area contributed by atoms with Crippen LogP contribution < -0.4 is 0 Å². The third kappa shape index (κ3) is 3.83. The van der Waals surface area contributed by atoms with Crippen molar-refractivity contribution < 1.29 is 28.0 Å². The second kappa shape index (κ2) is 7.10. The molecule has 0 radical (unpaired) electrons. The number of rotatable bonds is 5. The number of carboxylic acid groups (broad SMARTS) is 1. The molecule has 2 aromatic rings. The zero-order chi connectivity index (χ0) is 20.7. The fourth-order valence-corrected chi connectivity index (χ4v) is 2.71. The molecule has 10 heteroatoms. The Morgan fingerprint density at radius 3 is 2.43 bits per heavy atom. The fraction of sp³-hybridized carbons (Fsp3) is 0.389. The minimum absolute atomic E-state index is 0.0554. The van der Waals surface area contributed by atoms with Crippen LogP contribution in [0.4, 0.5) is 8.78 Å². The number of halogens is 2. The Balaban J connectivity index is 2.02. The van der Waals surface area contributed by atoms with E-state index in [2.05, 4.69) is 10.3 Å². The first kappa shape index (κ1) is 20.2. The Kier molecular flexibility index (Phi) is 5.11. The van der Waals surface area contributed by atoms with Gasteiger partial charge in [-0.1, -0.05) is 17.3 Å². The number of aromatic nitrogens is 3. The molecule has 1 fully saturated rings. The van der Waals surface area contributed by atoms with Gasteiger partial charge in [-0.2, -0.15) is 0 Å². The molecule has 0 bridgehead atoms. The summed E-state index contributed by atoms with van der Waals surface area (Å²) >= 11 is 0. The maximum Gasteiger partial charge on any atom is 0.525 e. The minimum atomic E-state index is -1.29. The first-order valence-corrected chi connectivity index (χ1v) is 8.64. The Labute approximate surface area is 161 Å². The summed E-state index contributed by atoms with van der Waals surface area (Å²) in [6.45, 7) is 6.98. The maximum atomic E-state index is 15.5. The van der Waals surface area contributed by atoms with Gasteiger partial charge in [0.15, 0.2) is 5.69 Å². The van der Waals surface area contributed by atoms with Crippen LogP contribution in [-0.4, -0.2) is 44.4 Å². The van der Waals surface area contributed by atoms with Gasteiger partial charge < -0.3 is 14.4 Å². The largest absolute Gasteiger partial charge is 0.525 e. The van der Waals surface area contributed by atoms with Crippen LogP contribution in [0, 0.1) is 5.82 Å². The molecule has 1 aliphatic rings. The molecule has 0 spiro atoms. The molecule has 0 atom stereocenters. The van der Waals surface area contributed by atoms with E-state index in [0.29, 0.717) is 0 Å². The van der Waals surface area contributed by atoms with E-state index in [1.54, 1.807) is 27.7 Å². The van der Waals surface area contributed by atoms with E-state index in [1.165, 1.54) is 30.5 Å². The fourth-order valence-electron chi connectivity index (χ4n) is 2.71. The predicted octanol–water partition coefficient (Wildman–Crippen LogP) is 3.13. The molecule has 1 aliphatic heterocycles. The zero-order valence-corrected chi connectivity index (χ0v) is 15.9. The van der Waals surface area contributed by atoms with Crippen LogP contribution >= 0.6 is 0 Å². The van der Waals surface area contributed by atoms with Crippen molar-refractivity contribution >= 4 is 18.7 Å². The third-order valence-electron chi connectivity index (χ3n) is 5.00. The van der Waals surface area contributed by atoms with Gasteiger partial charge in [0, 0.05) is 5.57 Å². The molecule has 3 rings (SSSR count). The first-order chi connectivity index (χ1) is 13.0. The average molecular weight is 391 g/mol. The lowest BCUT2D eigenvalue weighted by molar-refractivity contribution is 0.00578. The van der Waals surface area contributed by atoms with Crippen LogP contribution in [0.1, 0.15) is 43.7 Å². The summed E-state index contributed by atoms with van der Waals surface area (Å²) in [5, 5.41) is 16.2. The van der Waals surface area contributed by atoms with Crippen molar-refractivity contribution in [2.24, 2.45) is 0 Å². The highest BCUT2D eigenvalue weighted by molar-refractivity contribution is 6.55. The highest BCUT2D eigenvalue weighted by Gasteiger charge is 2.53. The molecule has 1 aromatic carbocycles. The van der Waals surface area contributed by atoms with E-state index < -0.39 is 35.8 Å². The lowest BCUT2D eigenvalue weighted by Gasteiger charge is -2.32. The average Bonchev–Trinajstić information content (AvgIpc) is 3.14. The van der Waals surface area contributed by atoms with Gasteiger partial charge in [-0.05, 0) is 45.4 Å². The van der Waals surface area contributed by atoms with Gasteiger partial charge in [-0.25, -0.2) is 18.3 Å². The van der Waals surface area contributed by atoms with Gasteiger partial charge in [0.05, 0.1) is 23.9 Å². The van der Waals surface area contributed by atoms with Gasteiger partial charge in [-0.3, -0.25) is 0 Å². The summed E-state index contributed by atoms with van der Waals surface area (Å²) < 4.78 is 41.9. The standard InChI is InChI=1S/C18H20BF2N3O4/c1-17(2)18(3,4)28-19(27-17)15(21)13(11-6-5-7-12(20)8-11)9-24-10-14(16(25)26)22-23-24/h5-8,10H,9H2,1-4H3,(H,25,26). The molecule has 28 heavy (non-hydrogen) atoms. The van der Waals surface area contributed by atoms with Gasteiger partial charge in [0.2, 0.25) is 0 Å². The van der Waals surface area contributed by atoms with Crippen LogP contribution in [0.25, 0.3) is 5.57 Å². The molecule has 7 nitrogen and oxygen atoms in total. The number of allylic oxidation sites excluding steroid dienone is 1. The smallest absolute Gasteiger partial charge is 0.476 e. The number of hydrogen-bond donors (Lipinski definition) is 1. The first-order valence-electron chi connectivity index (χ1n) is 8.64. The topological polar surface area (TPSA) is 86.5 Å². The molecule has 1 saturated heterocycles. The minimum Gasteiger partial charge on any atom is -0.476 e. The van der Waals surface area contributed by atoms with Crippen molar-refractivity contribution in [2.45, 2.75) is 45.4 Å². The summed E-state index contributed by atoms with van der Waals surface area (Å²) in [5.41, 5.74) is -2.22. The molecule has 0 unspecified atom stereocenters. The summed E-state index contributed by atoms with van der Waals surface area (Å²) in [7, 11) is -1.29. The summed E-state index contributed by atoms with van der Waals surface area (Å²) in [4.78, 5) is 11.0. The molecule has 2 heterocycles. The monoisotopic (exact) mass is 391 g/mol. The van der Waals surface area contributed by atoms with Crippen molar-refractivity contribution in [3.05, 3.63) is 53.3 Å². The molecule has 0 aliphatic carbocycles. The Morgan fingerprint density at radius 1 is 1.25 bits per heavy atom. The molecule has 0 amide bonds. The second-order valence-electron chi connectivity index (χ2n) is 7.53. The summed E-state index contributed by atoms with van der Waals surface area (Å²) in [6.07, 6.45) is 1.17. The number of hydrogen-bond acceptors (Lipinski definition) is 5. The highest BCUT2D eigenvalue weighted by atomic mass is 19.1. The van der Waals surface area contributed by atoms with Crippen molar-refractivity contribution in [1.29, 1.82) is 0 Å². The zero-order valence-electron chi connectivity index (χ0n) is 15.9. The molecule has 0 saturated carbocycles. The van der Waals surface area contributed by atoms with Gasteiger partial charge >= 0.3 is 13.1 Å². The molecule has 1 N–H and O–H groups in total. The molecular weight excluding hydrogens is 371 g/mol. The third-order valence-corrected chi connectivity index (χ3v) is 5.00. The van der Waals surface area contributed by atoms with Crippen molar-refractivity contribution in [3.63, 3.8) is 0 Å². The summed E-state index contributed by atoms with van der Waals surface area (Å²) in [6, 6.07) is 5.41. The molecule has 148 valence electrons. The van der Waals surface area contributed by atoms with E-state index in [1.807, 2.05) is 0 Å². The van der Waals surface area contributed by atoms with Gasteiger partial charge in [0.1, 0.15) is 11.5 Å². The SMILES string of the molecule is CC1(C)OB(C(F)=C(Cn2cc(C(=O)O)nn2)c2cccc(F)c2)OC1(C)C. The highest BCUT2D eigenvalue weighted by Crippen LogP contribution is 2.40. The Hall–Kier alpha value is -2.59. The van der Waals surface area contributed by atoms with Crippen LogP contribution in [0.15, 0.2) is 36.2 Å². The van der Waals surface area contributed by atoms with Crippen molar-refractivity contribution in [2.75, 3.05) is 0 Å². The lowest BCUT2D eigenvalue weighted by Crippen LogP contribution is -2.41. The van der Waals surface area contributed by atoms with Crippen molar-refractivity contribution in [3.8, 4) is 0 Å². The van der Waals surface area contributed by atoms with Crippen molar-refractivity contribution in [1.82, 2.24) is 15.0 Å². The predicted molar refractivity (Wildman–Crippen MR) is 97.5 cm³/mol. The van der Waals surface area contributed by atoms with E-state index in [4.69, 9.17) is 14.4 Å². The molecular formula is C18H20BF2N3O4. The summed E-state index contributed by atoms with van der Waals surface area (Å²) in [5.74, 6) is -1.80. The number of aromatic carboxylic acids is 1. The van der Waals surface area contributed by atoms with Gasteiger partial charge in [0.25, 0.3) is 0 Å². The maximum absolute atomic E-state index is 15.5. The van der Waals surface area contributed by atoms with E-state index in [-0.39, 0.29) is 23.4 Å².